The molecule has 0 saturated carbocycles. The molecule has 98 valence electrons. The normalized spacial score (nSPS) is 19.7. The number of aliphatic hydroxyl groups is 1. The molecule has 2 N–H and O–H groups in total. The molecule has 1 fully saturated rings. The van der Waals surface area contributed by atoms with E-state index < -0.39 is 0 Å². The third kappa shape index (κ3) is 2.60. The molecule has 0 aliphatic carbocycles. The number of aromatic nitrogens is 1. The van der Waals surface area contributed by atoms with E-state index in [2.05, 4.69) is 10.3 Å². The number of morpholine rings is 1. The van der Waals surface area contributed by atoms with Gasteiger partial charge in [-0.05, 0) is 12.1 Å². The van der Waals surface area contributed by atoms with Crippen molar-refractivity contribution in [2.75, 3.05) is 38.7 Å². The molecule has 6 nitrogen and oxygen atoms in total. The summed E-state index contributed by atoms with van der Waals surface area (Å²) in [6.07, 6.45) is 1.54. The van der Waals surface area contributed by atoms with Crippen molar-refractivity contribution in [1.29, 1.82) is 0 Å². The Bertz CT molecular complexity index is 408. The first kappa shape index (κ1) is 12.8. The number of amides is 1. The molecular formula is C12H17N3O3. The molecule has 0 spiro atoms. The van der Waals surface area contributed by atoms with Crippen LogP contribution in [0, 0.1) is 0 Å². The van der Waals surface area contributed by atoms with Crippen LogP contribution in [-0.2, 0) is 4.74 Å². The van der Waals surface area contributed by atoms with E-state index in [0.717, 1.165) is 0 Å². The summed E-state index contributed by atoms with van der Waals surface area (Å²) in [6.45, 7) is 1.29. The second-order valence-electron chi connectivity index (χ2n) is 4.09. The average Bonchev–Trinajstić information content (AvgIpc) is 2.46. The summed E-state index contributed by atoms with van der Waals surface area (Å²) >= 11 is 0. The maximum absolute atomic E-state index is 12.3. The molecule has 1 aromatic rings. The van der Waals surface area contributed by atoms with E-state index >= 15 is 0 Å². The van der Waals surface area contributed by atoms with Gasteiger partial charge in [0, 0.05) is 19.8 Å². The Hall–Kier alpha value is -1.66. The van der Waals surface area contributed by atoms with Crippen molar-refractivity contribution < 1.29 is 14.6 Å². The van der Waals surface area contributed by atoms with Crippen LogP contribution >= 0.6 is 0 Å². The summed E-state index contributed by atoms with van der Waals surface area (Å²) in [7, 11) is 1.77. The summed E-state index contributed by atoms with van der Waals surface area (Å²) < 4.78 is 5.25. The van der Waals surface area contributed by atoms with Crippen molar-refractivity contribution in [3.8, 4) is 0 Å². The number of hydrogen-bond donors (Lipinski definition) is 2. The highest BCUT2D eigenvalue weighted by Gasteiger charge is 2.27. The predicted octanol–water partition coefficient (Wildman–Crippen LogP) is -0.0434. The number of pyridine rings is 1. The maximum atomic E-state index is 12.3. The van der Waals surface area contributed by atoms with Crippen molar-refractivity contribution in [3.63, 3.8) is 0 Å². The number of ether oxygens (including phenoxy) is 1. The van der Waals surface area contributed by atoms with Gasteiger partial charge in [0.05, 0.1) is 31.4 Å². The van der Waals surface area contributed by atoms with Crippen LogP contribution in [0.2, 0.25) is 0 Å². The summed E-state index contributed by atoms with van der Waals surface area (Å²) in [4.78, 5) is 18.0. The quantitative estimate of drug-likeness (QED) is 0.788. The minimum Gasteiger partial charge on any atom is -0.394 e. The van der Waals surface area contributed by atoms with Gasteiger partial charge in [-0.25, -0.2) is 4.98 Å². The molecule has 0 aromatic carbocycles. The Balaban J connectivity index is 2.13. The van der Waals surface area contributed by atoms with Gasteiger partial charge in [-0.15, -0.1) is 0 Å². The molecule has 0 bridgehead atoms. The Morgan fingerprint density at radius 2 is 2.50 bits per heavy atom. The molecule has 1 unspecified atom stereocenters. The van der Waals surface area contributed by atoms with Gasteiger partial charge in [-0.2, -0.15) is 0 Å². The van der Waals surface area contributed by atoms with Crippen LogP contribution in [0.1, 0.15) is 10.4 Å². The number of carbonyl (C=O) groups is 1. The van der Waals surface area contributed by atoms with Crippen LogP contribution in [0.25, 0.3) is 0 Å². The Morgan fingerprint density at radius 3 is 3.11 bits per heavy atom. The van der Waals surface area contributed by atoms with Gasteiger partial charge in [-0.3, -0.25) is 4.79 Å². The highest BCUT2D eigenvalue weighted by atomic mass is 16.5. The van der Waals surface area contributed by atoms with E-state index in [9.17, 15) is 9.90 Å². The first-order chi connectivity index (χ1) is 8.76. The van der Waals surface area contributed by atoms with Gasteiger partial charge in [0.25, 0.3) is 5.91 Å². The third-order valence-electron chi connectivity index (χ3n) is 2.97. The average molecular weight is 251 g/mol. The van der Waals surface area contributed by atoms with E-state index in [1.54, 1.807) is 24.1 Å². The summed E-state index contributed by atoms with van der Waals surface area (Å²) in [5.41, 5.74) is 0.523. The second kappa shape index (κ2) is 5.79. The van der Waals surface area contributed by atoms with Crippen LogP contribution < -0.4 is 5.32 Å². The molecule has 1 saturated heterocycles. The number of anilines is 1. The van der Waals surface area contributed by atoms with Crippen molar-refractivity contribution >= 4 is 11.7 Å². The van der Waals surface area contributed by atoms with Crippen molar-refractivity contribution in [1.82, 2.24) is 9.88 Å². The molecule has 6 heteroatoms. The van der Waals surface area contributed by atoms with Crippen molar-refractivity contribution in [2.24, 2.45) is 0 Å². The summed E-state index contributed by atoms with van der Waals surface area (Å²) in [6, 6.07) is 3.21. The fraction of sp³-hybridized carbons (Fsp3) is 0.500. The van der Waals surface area contributed by atoms with E-state index in [0.29, 0.717) is 31.1 Å². The van der Waals surface area contributed by atoms with E-state index in [4.69, 9.17) is 4.74 Å². The van der Waals surface area contributed by atoms with Crippen LogP contribution in [0.5, 0.6) is 0 Å². The standard InChI is InChI=1S/C12H17N3O3/c1-13-11-3-2-9(6-14-11)12(17)15-4-5-18-8-10(15)7-16/h2-3,6,10,16H,4-5,7-8H2,1H3,(H,13,14). The van der Waals surface area contributed by atoms with Gasteiger partial charge in [-0.1, -0.05) is 0 Å². The SMILES string of the molecule is CNc1ccc(C(=O)N2CCOCC2CO)cn1. The first-order valence-corrected chi connectivity index (χ1v) is 5.89. The number of carbonyl (C=O) groups excluding carboxylic acids is 1. The van der Waals surface area contributed by atoms with E-state index in [1.165, 1.54) is 6.20 Å². The summed E-state index contributed by atoms with van der Waals surface area (Å²) in [5, 5.41) is 12.1. The molecule has 1 aliphatic heterocycles. The Kier molecular flexibility index (Phi) is 4.11. The lowest BCUT2D eigenvalue weighted by Gasteiger charge is -2.34. The fourth-order valence-corrected chi connectivity index (χ4v) is 1.91. The monoisotopic (exact) mass is 251 g/mol. The van der Waals surface area contributed by atoms with Crippen molar-refractivity contribution in [2.45, 2.75) is 6.04 Å². The maximum Gasteiger partial charge on any atom is 0.255 e. The van der Waals surface area contributed by atoms with E-state index in [-0.39, 0.29) is 18.6 Å². The van der Waals surface area contributed by atoms with E-state index in [1.807, 2.05) is 0 Å². The lowest BCUT2D eigenvalue weighted by atomic mass is 10.2. The smallest absolute Gasteiger partial charge is 0.255 e. The molecule has 18 heavy (non-hydrogen) atoms. The lowest BCUT2D eigenvalue weighted by Crippen LogP contribution is -2.50. The van der Waals surface area contributed by atoms with Gasteiger partial charge < -0.3 is 20.1 Å². The van der Waals surface area contributed by atoms with Gasteiger partial charge in [0.15, 0.2) is 0 Å². The van der Waals surface area contributed by atoms with Gasteiger partial charge >= 0.3 is 0 Å². The number of hydrogen-bond acceptors (Lipinski definition) is 5. The Labute approximate surface area is 106 Å². The van der Waals surface area contributed by atoms with Crippen LogP contribution in [-0.4, -0.2) is 60.4 Å². The molecule has 0 radical (unpaired) electrons. The largest absolute Gasteiger partial charge is 0.394 e. The Morgan fingerprint density at radius 1 is 1.67 bits per heavy atom. The molecule has 2 heterocycles. The zero-order valence-electron chi connectivity index (χ0n) is 10.3. The number of aliphatic hydroxyl groups excluding tert-OH is 1. The zero-order valence-corrected chi connectivity index (χ0v) is 10.3. The highest BCUT2D eigenvalue weighted by molar-refractivity contribution is 5.94. The minimum atomic E-state index is -0.268. The molecule has 1 atom stereocenters. The van der Waals surface area contributed by atoms with Gasteiger partial charge in [0.2, 0.25) is 0 Å². The second-order valence-corrected chi connectivity index (χ2v) is 4.09. The molecule has 1 amide bonds. The third-order valence-corrected chi connectivity index (χ3v) is 2.97. The van der Waals surface area contributed by atoms with Crippen molar-refractivity contribution in [3.05, 3.63) is 23.9 Å². The number of nitrogens with one attached hydrogen (secondary N) is 1. The first-order valence-electron chi connectivity index (χ1n) is 5.89. The number of rotatable bonds is 3. The minimum absolute atomic E-state index is 0.0895. The van der Waals surface area contributed by atoms with Crippen LogP contribution in [0.15, 0.2) is 18.3 Å². The predicted molar refractivity (Wildman–Crippen MR) is 66.5 cm³/mol. The molecular weight excluding hydrogens is 234 g/mol. The number of nitrogens with zero attached hydrogens (tertiary/aromatic N) is 2. The van der Waals surface area contributed by atoms with Crippen LogP contribution in [0.3, 0.4) is 0 Å². The topological polar surface area (TPSA) is 74.7 Å². The highest BCUT2D eigenvalue weighted by Crippen LogP contribution is 2.13. The lowest BCUT2D eigenvalue weighted by molar-refractivity contribution is -0.0184. The summed E-state index contributed by atoms with van der Waals surface area (Å²) in [5.74, 6) is 0.597. The fourth-order valence-electron chi connectivity index (χ4n) is 1.91. The zero-order chi connectivity index (χ0) is 13.0. The van der Waals surface area contributed by atoms with Gasteiger partial charge in [0.1, 0.15) is 5.82 Å². The molecule has 2 rings (SSSR count). The van der Waals surface area contributed by atoms with Crippen LogP contribution in [0.4, 0.5) is 5.82 Å². The molecule has 1 aromatic heterocycles. The molecule has 1 aliphatic rings.